The molecule has 0 aliphatic carbocycles. The van der Waals surface area contributed by atoms with Gasteiger partial charge in [0.15, 0.2) is 0 Å². The highest BCUT2D eigenvalue weighted by Crippen LogP contribution is 2.14. The van der Waals surface area contributed by atoms with E-state index in [-0.39, 0.29) is 6.61 Å². The maximum absolute atomic E-state index is 12.3. The number of morpholine rings is 1. The van der Waals surface area contributed by atoms with E-state index in [1.54, 1.807) is 38.1 Å². The fourth-order valence-electron chi connectivity index (χ4n) is 2.34. The number of amides is 1. The maximum Gasteiger partial charge on any atom is 0.416 e. The molecule has 1 amide bonds. The second-order valence-corrected chi connectivity index (χ2v) is 5.12. The molecule has 0 aromatic heterocycles. The van der Waals surface area contributed by atoms with Gasteiger partial charge in [-0.1, -0.05) is 18.2 Å². The van der Waals surface area contributed by atoms with Crippen molar-refractivity contribution in [2.45, 2.75) is 13.8 Å². The molecule has 130 valence electrons. The predicted molar refractivity (Wildman–Crippen MR) is 87.3 cm³/mol. The Morgan fingerprint density at radius 3 is 2.50 bits per heavy atom. The van der Waals surface area contributed by atoms with E-state index in [2.05, 4.69) is 5.32 Å². The number of para-hydroxylation sites is 1. The summed E-state index contributed by atoms with van der Waals surface area (Å²) >= 11 is 0. The summed E-state index contributed by atoms with van der Waals surface area (Å²) in [5, 5.41) is 2.60. The molecule has 0 radical (unpaired) electrons. The van der Waals surface area contributed by atoms with Gasteiger partial charge in [-0.3, -0.25) is 5.32 Å². The van der Waals surface area contributed by atoms with Crippen LogP contribution < -0.4 is 10.1 Å². The van der Waals surface area contributed by atoms with Crippen LogP contribution in [0, 0.1) is 0 Å². The van der Waals surface area contributed by atoms with Crippen LogP contribution in [-0.4, -0.2) is 49.9 Å². The predicted octanol–water partition coefficient (Wildman–Crippen LogP) is 1.90. The quantitative estimate of drug-likeness (QED) is 0.655. The molecule has 0 unspecified atom stereocenters. The summed E-state index contributed by atoms with van der Waals surface area (Å²) in [7, 11) is 0. The Balaban J connectivity index is 2.11. The molecule has 1 aliphatic heterocycles. The molecule has 2 rings (SSSR count). The molecule has 7 heteroatoms. The van der Waals surface area contributed by atoms with Gasteiger partial charge in [0.05, 0.1) is 19.8 Å². The molecule has 1 aromatic rings. The number of carbonyl (C=O) groups excluding carboxylic acids is 2. The van der Waals surface area contributed by atoms with Gasteiger partial charge in [0.1, 0.15) is 11.4 Å². The summed E-state index contributed by atoms with van der Waals surface area (Å²) in [6, 6.07) is 8.71. The molecular formula is C17H22N2O5. The van der Waals surface area contributed by atoms with Crippen LogP contribution in [0.1, 0.15) is 13.8 Å². The van der Waals surface area contributed by atoms with Crippen molar-refractivity contribution in [3.8, 4) is 5.75 Å². The summed E-state index contributed by atoms with van der Waals surface area (Å²) in [4.78, 5) is 26.1. The Morgan fingerprint density at radius 1 is 1.21 bits per heavy atom. The Bertz CT molecular complexity index is 594. The topological polar surface area (TPSA) is 77.1 Å². The number of esters is 1. The van der Waals surface area contributed by atoms with E-state index >= 15 is 0 Å². The number of ether oxygens (including phenoxy) is 3. The highest BCUT2D eigenvalue weighted by molar-refractivity contribution is 5.89. The Morgan fingerprint density at radius 2 is 1.88 bits per heavy atom. The minimum Gasteiger partial charge on any atom is -0.461 e. The highest BCUT2D eigenvalue weighted by Gasteiger charge is 2.24. The van der Waals surface area contributed by atoms with Crippen LogP contribution in [0.5, 0.6) is 5.75 Å². The normalized spacial score (nSPS) is 15.3. The number of nitrogens with zero attached hydrogens (tertiary/aromatic N) is 1. The molecule has 1 fully saturated rings. The molecule has 0 saturated carbocycles. The van der Waals surface area contributed by atoms with E-state index in [1.165, 1.54) is 0 Å². The van der Waals surface area contributed by atoms with Crippen molar-refractivity contribution in [1.29, 1.82) is 0 Å². The number of allylic oxidation sites excluding steroid dienone is 1. The van der Waals surface area contributed by atoms with Crippen molar-refractivity contribution in [2.75, 3.05) is 32.9 Å². The van der Waals surface area contributed by atoms with Crippen LogP contribution in [0.25, 0.3) is 0 Å². The van der Waals surface area contributed by atoms with Crippen LogP contribution in [0.2, 0.25) is 0 Å². The molecule has 24 heavy (non-hydrogen) atoms. The van der Waals surface area contributed by atoms with Crippen molar-refractivity contribution in [2.24, 2.45) is 0 Å². The SMILES string of the molecule is CCOC(=O)C(=C(C)NC(=O)Oc1ccccc1)N1CCOCC1. The minimum atomic E-state index is -0.659. The average Bonchev–Trinajstić information content (AvgIpc) is 2.57. The maximum atomic E-state index is 12.3. The Hall–Kier alpha value is -2.54. The standard InChI is InChI=1S/C17H22N2O5/c1-3-23-16(20)15(19-9-11-22-12-10-19)13(2)18-17(21)24-14-7-5-4-6-8-14/h4-8H,3,9-12H2,1-2H3,(H,18,21). The zero-order chi connectivity index (χ0) is 17.4. The fourth-order valence-corrected chi connectivity index (χ4v) is 2.34. The zero-order valence-corrected chi connectivity index (χ0v) is 13.9. The molecule has 0 spiro atoms. The summed E-state index contributed by atoms with van der Waals surface area (Å²) < 4.78 is 15.6. The molecule has 1 aromatic carbocycles. The van der Waals surface area contributed by atoms with E-state index in [9.17, 15) is 9.59 Å². The van der Waals surface area contributed by atoms with Gasteiger partial charge in [0, 0.05) is 18.8 Å². The lowest BCUT2D eigenvalue weighted by Gasteiger charge is -2.30. The number of carbonyl (C=O) groups is 2. The van der Waals surface area contributed by atoms with E-state index in [0.717, 1.165) is 0 Å². The lowest BCUT2D eigenvalue weighted by molar-refractivity contribution is -0.141. The highest BCUT2D eigenvalue weighted by atomic mass is 16.6. The second kappa shape index (κ2) is 8.93. The van der Waals surface area contributed by atoms with Crippen molar-refractivity contribution in [3.05, 3.63) is 41.7 Å². The third kappa shape index (κ3) is 4.99. The molecule has 0 atom stereocenters. The zero-order valence-electron chi connectivity index (χ0n) is 13.9. The van der Waals surface area contributed by atoms with Crippen LogP contribution in [0.15, 0.2) is 41.7 Å². The molecule has 0 bridgehead atoms. The smallest absolute Gasteiger partial charge is 0.416 e. The molecule has 1 N–H and O–H groups in total. The number of hydrogen-bond donors (Lipinski definition) is 1. The summed E-state index contributed by atoms with van der Waals surface area (Å²) in [6.07, 6.45) is -0.659. The van der Waals surface area contributed by atoms with E-state index in [1.807, 2.05) is 11.0 Å². The number of hydrogen-bond acceptors (Lipinski definition) is 6. The monoisotopic (exact) mass is 334 g/mol. The van der Waals surface area contributed by atoms with Crippen molar-refractivity contribution in [3.63, 3.8) is 0 Å². The first-order valence-corrected chi connectivity index (χ1v) is 7.86. The third-order valence-electron chi connectivity index (χ3n) is 3.39. The first-order valence-electron chi connectivity index (χ1n) is 7.86. The first-order chi connectivity index (χ1) is 11.6. The van der Waals surface area contributed by atoms with Crippen LogP contribution in [0.4, 0.5) is 4.79 Å². The van der Waals surface area contributed by atoms with Gasteiger partial charge in [-0.25, -0.2) is 9.59 Å². The molecule has 1 aliphatic rings. The van der Waals surface area contributed by atoms with Crippen LogP contribution >= 0.6 is 0 Å². The summed E-state index contributed by atoms with van der Waals surface area (Å²) in [5.41, 5.74) is 0.710. The van der Waals surface area contributed by atoms with Gasteiger partial charge >= 0.3 is 12.1 Å². The molecule has 1 heterocycles. The van der Waals surface area contributed by atoms with E-state index in [0.29, 0.717) is 43.4 Å². The molecule has 1 saturated heterocycles. The fraction of sp³-hybridized carbons (Fsp3) is 0.412. The van der Waals surface area contributed by atoms with E-state index < -0.39 is 12.1 Å². The molecular weight excluding hydrogens is 312 g/mol. The minimum absolute atomic E-state index is 0.258. The van der Waals surface area contributed by atoms with Crippen molar-refractivity contribution in [1.82, 2.24) is 10.2 Å². The van der Waals surface area contributed by atoms with Crippen molar-refractivity contribution < 1.29 is 23.8 Å². The molecule has 7 nitrogen and oxygen atoms in total. The number of benzene rings is 1. The number of nitrogens with one attached hydrogen (secondary N) is 1. The van der Waals surface area contributed by atoms with Crippen LogP contribution in [0.3, 0.4) is 0 Å². The second-order valence-electron chi connectivity index (χ2n) is 5.12. The van der Waals surface area contributed by atoms with Crippen molar-refractivity contribution >= 4 is 12.1 Å². The van der Waals surface area contributed by atoms with Gasteiger partial charge in [0.25, 0.3) is 0 Å². The third-order valence-corrected chi connectivity index (χ3v) is 3.39. The average molecular weight is 334 g/mol. The van der Waals surface area contributed by atoms with Gasteiger partial charge in [0.2, 0.25) is 0 Å². The Labute approximate surface area is 141 Å². The lowest BCUT2D eigenvalue weighted by atomic mass is 10.2. The van der Waals surface area contributed by atoms with Crippen LogP contribution in [-0.2, 0) is 14.3 Å². The summed E-state index contributed by atoms with van der Waals surface area (Å²) in [6.45, 7) is 5.79. The van der Waals surface area contributed by atoms with Gasteiger partial charge in [-0.05, 0) is 26.0 Å². The summed E-state index contributed by atoms with van der Waals surface area (Å²) in [5.74, 6) is -0.0521. The van der Waals surface area contributed by atoms with Gasteiger partial charge in [-0.2, -0.15) is 0 Å². The van der Waals surface area contributed by atoms with Gasteiger partial charge in [-0.15, -0.1) is 0 Å². The van der Waals surface area contributed by atoms with Gasteiger partial charge < -0.3 is 19.1 Å². The lowest BCUT2D eigenvalue weighted by Crippen LogP contribution is -2.41. The Kier molecular flexibility index (Phi) is 6.62. The largest absolute Gasteiger partial charge is 0.461 e. The van der Waals surface area contributed by atoms with E-state index in [4.69, 9.17) is 14.2 Å². The number of rotatable bonds is 5. The first kappa shape index (κ1) is 17.8.